The van der Waals surface area contributed by atoms with Gasteiger partial charge in [0.05, 0.1) is 0 Å². The highest BCUT2D eigenvalue weighted by atomic mass is 19.1. The van der Waals surface area contributed by atoms with Crippen LogP contribution in [0.15, 0.2) is 42.5 Å². The van der Waals surface area contributed by atoms with E-state index in [1.165, 1.54) is 17.7 Å². The molecule has 2 rings (SSSR count). The molecule has 0 aliphatic carbocycles. The molecule has 0 spiro atoms. The van der Waals surface area contributed by atoms with Gasteiger partial charge in [0, 0.05) is 11.3 Å². The van der Waals surface area contributed by atoms with Crippen molar-refractivity contribution in [1.29, 1.82) is 0 Å². The van der Waals surface area contributed by atoms with E-state index in [0.29, 0.717) is 11.6 Å². The van der Waals surface area contributed by atoms with Crippen LogP contribution in [0.4, 0.5) is 10.1 Å². The van der Waals surface area contributed by atoms with Gasteiger partial charge in [-0.05, 0) is 41.7 Å². The van der Waals surface area contributed by atoms with Crippen LogP contribution < -0.4 is 5.73 Å². The van der Waals surface area contributed by atoms with E-state index in [9.17, 15) is 4.39 Å². The Morgan fingerprint density at radius 2 is 1.72 bits per heavy atom. The van der Waals surface area contributed by atoms with Gasteiger partial charge >= 0.3 is 0 Å². The Morgan fingerprint density at radius 3 is 2.28 bits per heavy atom. The Kier molecular flexibility index (Phi) is 3.66. The molecular formula is C16H18FN. The minimum Gasteiger partial charge on any atom is -0.398 e. The lowest BCUT2D eigenvalue weighted by Crippen LogP contribution is -1.94. The smallest absolute Gasteiger partial charge is 0.125 e. The fraction of sp³-hybridized carbons (Fsp3) is 0.250. The van der Waals surface area contributed by atoms with Crippen molar-refractivity contribution in [3.8, 4) is 11.1 Å². The first-order valence-electron chi connectivity index (χ1n) is 6.20. The van der Waals surface area contributed by atoms with Crippen molar-refractivity contribution >= 4 is 5.69 Å². The average Bonchev–Trinajstić information content (AvgIpc) is 2.30. The van der Waals surface area contributed by atoms with Crippen LogP contribution in [0, 0.1) is 11.7 Å². The van der Waals surface area contributed by atoms with E-state index in [1.54, 1.807) is 6.07 Å². The SMILES string of the molecule is CC(C)Cc1ccc(-c2ccc(F)cc2N)cc1. The maximum atomic E-state index is 13.0. The van der Waals surface area contributed by atoms with Crippen LogP contribution in [0.25, 0.3) is 11.1 Å². The summed E-state index contributed by atoms with van der Waals surface area (Å²) in [6.07, 6.45) is 1.07. The molecule has 2 aromatic carbocycles. The molecule has 0 bridgehead atoms. The van der Waals surface area contributed by atoms with Crippen LogP contribution in [0.3, 0.4) is 0 Å². The van der Waals surface area contributed by atoms with Crippen LogP contribution in [-0.2, 0) is 6.42 Å². The van der Waals surface area contributed by atoms with Gasteiger partial charge in [-0.15, -0.1) is 0 Å². The summed E-state index contributed by atoms with van der Waals surface area (Å²) in [7, 11) is 0. The van der Waals surface area contributed by atoms with Gasteiger partial charge in [-0.1, -0.05) is 38.1 Å². The number of anilines is 1. The number of benzene rings is 2. The summed E-state index contributed by atoms with van der Waals surface area (Å²) in [5.41, 5.74) is 9.53. The molecule has 0 fully saturated rings. The van der Waals surface area contributed by atoms with Gasteiger partial charge in [0.2, 0.25) is 0 Å². The first kappa shape index (κ1) is 12.6. The van der Waals surface area contributed by atoms with Crippen LogP contribution >= 0.6 is 0 Å². The molecule has 0 saturated carbocycles. The number of halogens is 1. The number of nitrogen functional groups attached to an aromatic ring is 1. The number of rotatable bonds is 3. The molecule has 0 saturated heterocycles. The van der Waals surface area contributed by atoms with Gasteiger partial charge in [-0.2, -0.15) is 0 Å². The second-order valence-electron chi connectivity index (χ2n) is 5.03. The molecule has 0 amide bonds. The monoisotopic (exact) mass is 243 g/mol. The normalized spacial score (nSPS) is 10.9. The van der Waals surface area contributed by atoms with Crippen molar-refractivity contribution in [2.24, 2.45) is 5.92 Å². The molecule has 0 aliphatic rings. The summed E-state index contributed by atoms with van der Waals surface area (Å²) < 4.78 is 13.0. The average molecular weight is 243 g/mol. The maximum absolute atomic E-state index is 13.0. The van der Waals surface area contributed by atoms with Gasteiger partial charge in [0.25, 0.3) is 0 Å². The zero-order valence-corrected chi connectivity index (χ0v) is 10.8. The molecule has 0 unspecified atom stereocenters. The van der Waals surface area contributed by atoms with Gasteiger partial charge in [-0.3, -0.25) is 0 Å². The van der Waals surface area contributed by atoms with E-state index in [1.807, 2.05) is 12.1 Å². The van der Waals surface area contributed by atoms with Gasteiger partial charge in [0.15, 0.2) is 0 Å². The lowest BCUT2D eigenvalue weighted by atomic mass is 9.98. The third kappa shape index (κ3) is 2.89. The fourth-order valence-electron chi connectivity index (χ4n) is 2.09. The topological polar surface area (TPSA) is 26.0 Å². The standard InChI is InChI=1S/C16H18FN/c1-11(2)9-12-3-5-13(6-4-12)15-8-7-14(17)10-16(15)18/h3-8,10-11H,9,18H2,1-2H3. The zero-order chi connectivity index (χ0) is 13.1. The van der Waals surface area contributed by atoms with Crippen molar-refractivity contribution in [1.82, 2.24) is 0 Å². The van der Waals surface area contributed by atoms with E-state index < -0.39 is 0 Å². The molecule has 94 valence electrons. The summed E-state index contributed by atoms with van der Waals surface area (Å²) in [4.78, 5) is 0. The molecule has 2 aromatic rings. The van der Waals surface area contributed by atoms with Crippen molar-refractivity contribution in [2.45, 2.75) is 20.3 Å². The van der Waals surface area contributed by atoms with Gasteiger partial charge in [0.1, 0.15) is 5.82 Å². The van der Waals surface area contributed by atoms with Crippen LogP contribution in [-0.4, -0.2) is 0 Å². The summed E-state index contributed by atoms with van der Waals surface area (Å²) in [5, 5.41) is 0. The summed E-state index contributed by atoms with van der Waals surface area (Å²) >= 11 is 0. The molecule has 2 heteroatoms. The minimum atomic E-state index is -0.298. The molecule has 0 heterocycles. The maximum Gasteiger partial charge on any atom is 0.125 e. The summed E-state index contributed by atoms with van der Waals surface area (Å²) in [5.74, 6) is 0.347. The molecule has 0 aliphatic heterocycles. The van der Waals surface area contributed by atoms with E-state index in [-0.39, 0.29) is 5.82 Å². The Balaban J connectivity index is 2.28. The predicted octanol–water partition coefficient (Wildman–Crippen LogP) is 4.27. The van der Waals surface area contributed by atoms with Crippen molar-refractivity contribution in [2.75, 3.05) is 5.73 Å². The van der Waals surface area contributed by atoms with E-state index in [2.05, 4.69) is 26.0 Å². The number of hydrogen-bond acceptors (Lipinski definition) is 1. The van der Waals surface area contributed by atoms with Crippen LogP contribution in [0.1, 0.15) is 19.4 Å². The number of nitrogens with two attached hydrogens (primary N) is 1. The second-order valence-corrected chi connectivity index (χ2v) is 5.03. The number of hydrogen-bond donors (Lipinski definition) is 1. The molecule has 18 heavy (non-hydrogen) atoms. The first-order chi connectivity index (χ1) is 8.56. The zero-order valence-electron chi connectivity index (χ0n) is 10.8. The van der Waals surface area contributed by atoms with E-state index in [4.69, 9.17) is 5.73 Å². The molecule has 0 radical (unpaired) electrons. The lowest BCUT2D eigenvalue weighted by Gasteiger charge is -2.08. The van der Waals surface area contributed by atoms with E-state index in [0.717, 1.165) is 17.5 Å². The third-order valence-corrected chi connectivity index (χ3v) is 2.92. The Hall–Kier alpha value is -1.83. The third-order valence-electron chi connectivity index (χ3n) is 2.92. The highest BCUT2D eigenvalue weighted by Gasteiger charge is 2.04. The molecule has 0 atom stereocenters. The lowest BCUT2D eigenvalue weighted by molar-refractivity contribution is 0.628. The fourth-order valence-corrected chi connectivity index (χ4v) is 2.09. The highest BCUT2D eigenvalue weighted by molar-refractivity contribution is 5.76. The van der Waals surface area contributed by atoms with Crippen molar-refractivity contribution < 1.29 is 4.39 Å². The van der Waals surface area contributed by atoms with Crippen LogP contribution in [0.5, 0.6) is 0 Å². The Bertz CT molecular complexity index is 529. The predicted molar refractivity (Wildman–Crippen MR) is 74.8 cm³/mol. The molecular weight excluding hydrogens is 225 g/mol. The van der Waals surface area contributed by atoms with Crippen molar-refractivity contribution in [3.63, 3.8) is 0 Å². The largest absolute Gasteiger partial charge is 0.398 e. The first-order valence-corrected chi connectivity index (χ1v) is 6.20. The molecule has 0 aromatic heterocycles. The molecule has 2 N–H and O–H groups in total. The highest BCUT2D eigenvalue weighted by Crippen LogP contribution is 2.27. The summed E-state index contributed by atoms with van der Waals surface area (Å²) in [6, 6.07) is 12.8. The summed E-state index contributed by atoms with van der Waals surface area (Å²) in [6.45, 7) is 4.40. The Morgan fingerprint density at radius 1 is 1.06 bits per heavy atom. The van der Waals surface area contributed by atoms with Gasteiger partial charge < -0.3 is 5.73 Å². The van der Waals surface area contributed by atoms with Crippen LogP contribution in [0.2, 0.25) is 0 Å². The molecule has 1 nitrogen and oxygen atoms in total. The quantitative estimate of drug-likeness (QED) is 0.800. The van der Waals surface area contributed by atoms with Crippen molar-refractivity contribution in [3.05, 3.63) is 53.8 Å². The minimum absolute atomic E-state index is 0.298. The Labute approximate surface area is 107 Å². The second kappa shape index (κ2) is 5.21. The van der Waals surface area contributed by atoms with Gasteiger partial charge in [-0.25, -0.2) is 4.39 Å². The van der Waals surface area contributed by atoms with E-state index >= 15 is 0 Å².